The average Bonchev–Trinajstić information content (AvgIpc) is 3.36. The van der Waals surface area contributed by atoms with Crippen molar-refractivity contribution in [2.75, 3.05) is 37.6 Å². The highest BCUT2D eigenvalue weighted by molar-refractivity contribution is 7.29. The summed E-state index contributed by atoms with van der Waals surface area (Å²) in [6.07, 6.45) is 1.13. The molecule has 5 nitrogen and oxygen atoms in total. The normalized spacial score (nSPS) is 14.4. The van der Waals surface area contributed by atoms with Crippen LogP contribution >= 0.6 is 34.0 Å². The van der Waals surface area contributed by atoms with Crippen molar-refractivity contribution in [3.05, 3.63) is 32.8 Å². The fourth-order valence-corrected chi connectivity index (χ4v) is 6.52. The number of rotatable bonds is 7. The van der Waals surface area contributed by atoms with E-state index in [2.05, 4.69) is 40.4 Å². The Bertz CT molecular complexity index is 893. The van der Waals surface area contributed by atoms with Gasteiger partial charge in [0.1, 0.15) is 4.83 Å². The fraction of sp³-hybridized carbons (Fsp3) is 0.474. The lowest BCUT2D eigenvalue weighted by atomic mass is 10.1. The fourth-order valence-electron chi connectivity index (χ4n) is 3.38. The number of fused-ring (bicyclic) bond motifs is 2. The predicted molar refractivity (Wildman–Crippen MR) is 117 cm³/mol. The highest BCUT2D eigenvalue weighted by Gasteiger charge is 2.18. The van der Waals surface area contributed by atoms with Gasteiger partial charge in [-0.2, -0.15) is 0 Å². The number of anilines is 1. The topological polar surface area (TPSA) is 48.5 Å². The van der Waals surface area contributed by atoms with E-state index in [4.69, 9.17) is 4.98 Å². The Morgan fingerprint density at radius 3 is 2.96 bits per heavy atom. The van der Waals surface area contributed by atoms with Crippen LogP contribution < -0.4 is 10.2 Å². The number of amides is 1. The Balaban J connectivity index is 1.31. The maximum atomic E-state index is 12.5. The summed E-state index contributed by atoms with van der Waals surface area (Å²) in [5.74, 6) is 0.0165. The van der Waals surface area contributed by atoms with Crippen LogP contribution in [-0.4, -0.2) is 48.5 Å². The van der Waals surface area contributed by atoms with Gasteiger partial charge in [0.25, 0.3) is 5.91 Å². The lowest BCUT2D eigenvalue weighted by Gasteiger charge is -2.26. The van der Waals surface area contributed by atoms with Crippen molar-refractivity contribution >= 4 is 54.6 Å². The molecule has 0 saturated heterocycles. The summed E-state index contributed by atoms with van der Waals surface area (Å²) in [5.41, 5.74) is 1.45. The lowest BCUT2D eigenvalue weighted by molar-refractivity contribution is 0.0951. The Morgan fingerprint density at radius 2 is 2.19 bits per heavy atom. The Labute approximate surface area is 171 Å². The maximum Gasteiger partial charge on any atom is 0.261 e. The molecule has 3 aromatic rings. The van der Waals surface area contributed by atoms with Gasteiger partial charge in [0.15, 0.2) is 5.13 Å². The minimum absolute atomic E-state index is 0.0165. The summed E-state index contributed by atoms with van der Waals surface area (Å²) in [5, 5.41) is 6.30. The summed E-state index contributed by atoms with van der Waals surface area (Å²) in [4.78, 5) is 25.1. The highest BCUT2D eigenvalue weighted by Crippen LogP contribution is 2.34. The van der Waals surface area contributed by atoms with Gasteiger partial charge in [-0.05, 0) is 43.3 Å². The molecule has 4 rings (SSSR count). The Hall–Kier alpha value is -1.48. The van der Waals surface area contributed by atoms with Crippen molar-refractivity contribution < 1.29 is 4.79 Å². The second-order valence-corrected chi connectivity index (χ2v) is 9.64. The molecule has 8 heteroatoms. The Kier molecular flexibility index (Phi) is 5.77. The van der Waals surface area contributed by atoms with Crippen LogP contribution in [0.3, 0.4) is 0 Å². The van der Waals surface area contributed by atoms with Gasteiger partial charge in [0, 0.05) is 44.1 Å². The van der Waals surface area contributed by atoms with Crippen molar-refractivity contribution in [2.45, 2.75) is 26.8 Å². The van der Waals surface area contributed by atoms with Crippen LogP contribution in [0.5, 0.6) is 0 Å². The quantitative estimate of drug-likeness (QED) is 0.626. The van der Waals surface area contributed by atoms with Gasteiger partial charge in [-0.3, -0.25) is 9.69 Å². The molecule has 1 aliphatic rings. The molecule has 1 amide bonds. The zero-order valence-electron chi connectivity index (χ0n) is 15.7. The third-order valence-corrected chi connectivity index (χ3v) is 8.18. The van der Waals surface area contributed by atoms with E-state index in [1.54, 1.807) is 11.3 Å². The van der Waals surface area contributed by atoms with Crippen molar-refractivity contribution in [1.29, 1.82) is 0 Å². The summed E-state index contributed by atoms with van der Waals surface area (Å²) in [6.45, 7) is 9.84. The van der Waals surface area contributed by atoms with Gasteiger partial charge in [0.05, 0.1) is 9.58 Å². The molecule has 0 atom stereocenters. The monoisotopic (exact) mass is 420 g/mol. The van der Waals surface area contributed by atoms with Crippen LogP contribution in [0.15, 0.2) is 17.5 Å². The molecule has 1 aliphatic heterocycles. The second kappa shape index (κ2) is 8.26. The first-order valence-electron chi connectivity index (χ1n) is 9.39. The molecule has 0 saturated carbocycles. The van der Waals surface area contributed by atoms with Gasteiger partial charge in [-0.25, -0.2) is 4.98 Å². The van der Waals surface area contributed by atoms with Crippen LogP contribution in [0, 0.1) is 0 Å². The molecule has 0 unspecified atom stereocenters. The van der Waals surface area contributed by atoms with Gasteiger partial charge in [-0.15, -0.1) is 22.7 Å². The number of nitrogens with one attached hydrogen (secondary N) is 1. The first-order valence-corrected chi connectivity index (χ1v) is 11.9. The van der Waals surface area contributed by atoms with E-state index in [0.717, 1.165) is 58.7 Å². The number of thiophene rings is 2. The molecule has 27 heavy (non-hydrogen) atoms. The summed E-state index contributed by atoms with van der Waals surface area (Å²) < 4.78 is 1.10. The van der Waals surface area contributed by atoms with Crippen molar-refractivity contribution in [2.24, 2.45) is 0 Å². The highest BCUT2D eigenvalue weighted by atomic mass is 32.1. The van der Waals surface area contributed by atoms with E-state index < -0.39 is 0 Å². The largest absolute Gasteiger partial charge is 0.350 e. The SMILES string of the molecule is CCN(CC)c1nc2sc(C(=O)NCCN3CCc4sccc4C3)cc2s1. The van der Waals surface area contributed by atoms with Crippen LogP contribution in [0.1, 0.15) is 34.0 Å². The minimum Gasteiger partial charge on any atom is -0.350 e. The number of thiazole rings is 1. The summed E-state index contributed by atoms with van der Waals surface area (Å²) in [6, 6.07) is 4.21. The molecular weight excluding hydrogens is 396 g/mol. The molecule has 0 radical (unpaired) electrons. The molecule has 0 aromatic carbocycles. The predicted octanol–water partition coefficient (Wildman–Crippen LogP) is 4.05. The van der Waals surface area contributed by atoms with E-state index in [-0.39, 0.29) is 5.91 Å². The first-order chi connectivity index (χ1) is 13.2. The smallest absolute Gasteiger partial charge is 0.261 e. The molecule has 1 N–H and O–H groups in total. The standard InChI is InChI=1S/C19H24N4OS3/c1-3-23(4-2)19-21-18-16(27-19)11-15(26-18)17(24)20-7-9-22-8-5-14-13(12-22)6-10-25-14/h6,10-11H,3-5,7-9,12H2,1-2H3,(H,20,24). The average molecular weight is 421 g/mol. The third-order valence-electron chi connectivity index (χ3n) is 4.94. The molecule has 3 aromatic heterocycles. The summed E-state index contributed by atoms with van der Waals surface area (Å²) in [7, 11) is 0. The zero-order valence-corrected chi connectivity index (χ0v) is 18.1. The van der Waals surface area contributed by atoms with E-state index in [1.165, 1.54) is 21.8 Å². The van der Waals surface area contributed by atoms with E-state index >= 15 is 0 Å². The van der Waals surface area contributed by atoms with Gasteiger partial charge in [-0.1, -0.05) is 11.3 Å². The number of hydrogen-bond acceptors (Lipinski definition) is 7. The first kappa shape index (κ1) is 18.9. The summed E-state index contributed by atoms with van der Waals surface area (Å²) >= 11 is 5.02. The molecule has 4 heterocycles. The Morgan fingerprint density at radius 1 is 1.33 bits per heavy atom. The lowest BCUT2D eigenvalue weighted by Crippen LogP contribution is -2.37. The van der Waals surface area contributed by atoms with Gasteiger partial charge in [0.2, 0.25) is 0 Å². The van der Waals surface area contributed by atoms with Gasteiger partial charge >= 0.3 is 0 Å². The van der Waals surface area contributed by atoms with E-state index in [0.29, 0.717) is 6.54 Å². The molecule has 0 aliphatic carbocycles. The molecular formula is C19H24N4OS3. The number of hydrogen-bond donors (Lipinski definition) is 1. The molecule has 0 bridgehead atoms. The number of nitrogens with zero attached hydrogens (tertiary/aromatic N) is 3. The van der Waals surface area contributed by atoms with E-state index in [9.17, 15) is 4.79 Å². The van der Waals surface area contributed by atoms with Crippen LogP contribution in [-0.2, 0) is 13.0 Å². The van der Waals surface area contributed by atoms with Crippen LogP contribution in [0.2, 0.25) is 0 Å². The molecule has 0 spiro atoms. The van der Waals surface area contributed by atoms with Crippen molar-refractivity contribution in [1.82, 2.24) is 15.2 Å². The van der Waals surface area contributed by atoms with Crippen LogP contribution in [0.25, 0.3) is 9.53 Å². The van der Waals surface area contributed by atoms with Gasteiger partial charge < -0.3 is 10.2 Å². The number of carbonyl (C=O) groups excluding carboxylic acids is 1. The zero-order chi connectivity index (χ0) is 18.8. The second-order valence-electron chi connectivity index (χ2n) is 6.60. The van der Waals surface area contributed by atoms with Crippen molar-refractivity contribution in [3.63, 3.8) is 0 Å². The molecule has 0 fully saturated rings. The van der Waals surface area contributed by atoms with Crippen LogP contribution in [0.4, 0.5) is 5.13 Å². The molecule has 144 valence electrons. The van der Waals surface area contributed by atoms with E-state index in [1.807, 2.05) is 17.4 Å². The number of carbonyl (C=O) groups is 1. The maximum absolute atomic E-state index is 12.5. The minimum atomic E-state index is 0.0165. The van der Waals surface area contributed by atoms with Crippen molar-refractivity contribution in [3.8, 4) is 0 Å². The third kappa shape index (κ3) is 4.03. The number of aromatic nitrogens is 1.